The molecule has 8 nitrogen and oxygen atoms in total. The molecular formula is C23H22F5N5O3. The molecule has 0 spiro atoms. The van der Waals surface area contributed by atoms with Crippen LogP contribution in [0.4, 0.5) is 27.8 Å². The third-order valence-corrected chi connectivity index (χ3v) is 5.98. The van der Waals surface area contributed by atoms with E-state index in [4.69, 9.17) is 0 Å². The number of carbonyl (C=O) groups excluding carboxylic acids is 1. The van der Waals surface area contributed by atoms with Gasteiger partial charge < -0.3 is 15.3 Å². The van der Waals surface area contributed by atoms with Crippen molar-refractivity contribution in [1.29, 1.82) is 0 Å². The minimum absolute atomic E-state index is 0.151. The first kappa shape index (κ1) is 25.5. The number of aliphatic hydroxyl groups is 1. The highest BCUT2D eigenvalue weighted by Crippen LogP contribution is 2.28. The zero-order valence-electron chi connectivity index (χ0n) is 19.2. The summed E-state index contributed by atoms with van der Waals surface area (Å²) in [5.74, 6) is -3.64. The lowest BCUT2D eigenvalue weighted by atomic mass is 10.1. The average molecular weight is 511 g/mol. The fraction of sp³-hybridized carbons (Fsp3) is 0.391. The summed E-state index contributed by atoms with van der Waals surface area (Å²) in [6, 6.07) is 1.08. The van der Waals surface area contributed by atoms with Crippen LogP contribution in [0.2, 0.25) is 0 Å². The lowest BCUT2D eigenvalue weighted by Gasteiger charge is -2.22. The van der Waals surface area contributed by atoms with E-state index >= 15 is 0 Å². The molecule has 1 unspecified atom stereocenters. The minimum atomic E-state index is -4.75. The summed E-state index contributed by atoms with van der Waals surface area (Å²) in [6.45, 7) is 3.54. The zero-order valence-corrected chi connectivity index (χ0v) is 19.2. The van der Waals surface area contributed by atoms with E-state index in [9.17, 15) is 36.6 Å². The van der Waals surface area contributed by atoms with Gasteiger partial charge in [0.15, 0.2) is 17.3 Å². The van der Waals surface area contributed by atoms with E-state index in [0.717, 1.165) is 10.8 Å². The number of pyridine rings is 3. The molecule has 3 aromatic rings. The van der Waals surface area contributed by atoms with Gasteiger partial charge in [0.1, 0.15) is 23.2 Å². The Hall–Kier alpha value is -3.61. The van der Waals surface area contributed by atoms with Gasteiger partial charge in [-0.1, -0.05) is 6.92 Å². The van der Waals surface area contributed by atoms with Crippen molar-refractivity contribution in [1.82, 2.24) is 19.9 Å². The standard InChI is InChI=1S/C23H22F5N5O3/c1-3-16(23(26,27)28)30-21(35)14-10-33(20-15(25)8-12(24)9-29-20)19-13(18(14)34)4-5-17(31-19)32-7-6-22(2,36)11-32/h4-5,8-10,16,36H,3,6-7,11H2,1-2H3,(H,30,35)/t16-,22?/m1/s1. The summed E-state index contributed by atoms with van der Waals surface area (Å²) in [5, 5.41) is 11.9. The Kier molecular flexibility index (Phi) is 6.45. The Morgan fingerprint density at radius 2 is 2.03 bits per heavy atom. The van der Waals surface area contributed by atoms with Crippen LogP contribution in [-0.2, 0) is 0 Å². The lowest BCUT2D eigenvalue weighted by molar-refractivity contribution is -0.153. The van der Waals surface area contributed by atoms with Crippen LogP contribution in [0.5, 0.6) is 0 Å². The molecule has 1 aliphatic heterocycles. The van der Waals surface area contributed by atoms with Crippen molar-refractivity contribution in [3.63, 3.8) is 0 Å². The number of fused-ring (bicyclic) bond motifs is 1. The SMILES string of the molecule is CC[C@@H](NC(=O)c1cn(-c2ncc(F)cc2F)c2nc(N3CCC(C)(O)C3)ccc2c1=O)C(F)(F)F. The molecule has 1 fully saturated rings. The van der Waals surface area contributed by atoms with E-state index in [1.807, 2.05) is 0 Å². The highest BCUT2D eigenvalue weighted by molar-refractivity contribution is 5.97. The quantitative estimate of drug-likeness (QED) is 0.511. The predicted molar refractivity (Wildman–Crippen MR) is 120 cm³/mol. The first-order valence-electron chi connectivity index (χ1n) is 11.0. The molecule has 4 rings (SSSR count). The third-order valence-electron chi connectivity index (χ3n) is 5.98. The lowest BCUT2D eigenvalue weighted by Crippen LogP contribution is -2.46. The molecule has 13 heteroatoms. The Balaban J connectivity index is 1.90. The highest BCUT2D eigenvalue weighted by atomic mass is 19.4. The number of β-amino-alcohol motifs (C(OH)–C–C–N with tert-alkyl or cyclic N) is 1. The number of halogens is 5. The summed E-state index contributed by atoms with van der Waals surface area (Å²) < 4.78 is 68.7. The second-order valence-corrected chi connectivity index (χ2v) is 8.89. The predicted octanol–water partition coefficient (Wildman–Crippen LogP) is 3.09. The number of nitrogens with zero attached hydrogens (tertiary/aromatic N) is 4. The second-order valence-electron chi connectivity index (χ2n) is 8.89. The number of anilines is 1. The molecule has 0 bridgehead atoms. The van der Waals surface area contributed by atoms with E-state index in [-0.39, 0.29) is 17.6 Å². The first-order chi connectivity index (χ1) is 16.8. The van der Waals surface area contributed by atoms with Gasteiger partial charge in [-0.2, -0.15) is 13.2 Å². The number of nitrogens with one attached hydrogen (secondary N) is 1. The summed E-state index contributed by atoms with van der Waals surface area (Å²) in [4.78, 5) is 35.7. The molecule has 36 heavy (non-hydrogen) atoms. The summed E-state index contributed by atoms with van der Waals surface area (Å²) in [5.41, 5.74) is -2.75. The average Bonchev–Trinajstić information content (AvgIpc) is 3.16. The Labute approximate surface area is 201 Å². The second kappa shape index (κ2) is 9.12. The van der Waals surface area contributed by atoms with Crippen LogP contribution in [0.1, 0.15) is 37.0 Å². The Morgan fingerprint density at radius 1 is 1.31 bits per heavy atom. The number of amides is 1. The van der Waals surface area contributed by atoms with Crippen molar-refractivity contribution in [3.8, 4) is 5.82 Å². The molecule has 1 aliphatic rings. The van der Waals surface area contributed by atoms with E-state index in [2.05, 4.69) is 9.97 Å². The molecule has 1 amide bonds. The molecule has 1 saturated heterocycles. The summed E-state index contributed by atoms with van der Waals surface area (Å²) in [6.07, 6.45) is -3.23. The molecule has 0 aliphatic carbocycles. The van der Waals surface area contributed by atoms with Gasteiger partial charge >= 0.3 is 6.18 Å². The van der Waals surface area contributed by atoms with Crippen molar-refractivity contribution in [2.24, 2.45) is 0 Å². The number of alkyl halides is 3. The van der Waals surface area contributed by atoms with Crippen LogP contribution in [0.25, 0.3) is 16.9 Å². The Bertz CT molecular complexity index is 1390. The minimum Gasteiger partial charge on any atom is -0.388 e. The van der Waals surface area contributed by atoms with Crippen LogP contribution < -0.4 is 15.6 Å². The monoisotopic (exact) mass is 511 g/mol. The van der Waals surface area contributed by atoms with Crippen molar-refractivity contribution in [2.75, 3.05) is 18.0 Å². The molecule has 0 aromatic carbocycles. The van der Waals surface area contributed by atoms with E-state index in [0.29, 0.717) is 31.0 Å². The molecule has 2 atom stereocenters. The molecule has 4 heterocycles. The first-order valence-corrected chi connectivity index (χ1v) is 11.0. The zero-order chi connectivity index (χ0) is 26.4. The van der Waals surface area contributed by atoms with E-state index in [1.165, 1.54) is 19.1 Å². The maximum Gasteiger partial charge on any atom is 0.408 e. The topological polar surface area (TPSA) is 100 Å². The van der Waals surface area contributed by atoms with Gasteiger partial charge in [0.05, 0.1) is 17.2 Å². The van der Waals surface area contributed by atoms with Gasteiger partial charge in [-0.25, -0.2) is 18.7 Å². The highest BCUT2D eigenvalue weighted by Gasteiger charge is 2.40. The van der Waals surface area contributed by atoms with Crippen molar-refractivity contribution < 1.29 is 31.9 Å². The van der Waals surface area contributed by atoms with Crippen LogP contribution in [-0.4, -0.2) is 56.5 Å². The van der Waals surface area contributed by atoms with E-state index < -0.39 is 58.6 Å². The van der Waals surface area contributed by atoms with Crippen molar-refractivity contribution in [2.45, 2.75) is 44.5 Å². The van der Waals surface area contributed by atoms with Crippen molar-refractivity contribution in [3.05, 3.63) is 58.0 Å². The van der Waals surface area contributed by atoms with Gasteiger partial charge in [0.2, 0.25) is 5.43 Å². The molecule has 0 saturated carbocycles. The van der Waals surface area contributed by atoms with Crippen LogP contribution >= 0.6 is 0 Å². The summed E-state index contributed by atoms with van der Waals surface area (Å²) in [7, 11) is 0. The van der Waals surface area contributed by atoms with Gasteiger partial charge in [-0.05, 0) is 31.9 Å². The van der Waals surface area contributed by atoms with Crippen LogP contribution in [0.3, 0.4) is 0 Å². The van der Waals surface area contributed by atoms with Crippen LogP contribution in [0.15, 0.2) is 35.4 Å². The molecule has 3 aromatic heterocycles. The van der Waals surface area contributed by atoms with Gasteiger partial charge in [0.25, 0.3) is 5.91 Å². The fourth-order valence-corrected chi connectivity index (χ4v) is 4.07. The number of carbonyl (C=O) groups is 1. The molecule has 192 valence electrons. The smallest absolute Gasteiger partial charge is 0.388 e. The van der Waals surface area contributed by atoms with Crippen molar-refractivity contribution >= 4 is 22.8 Å². The fourth-order valence-electron chi connectivity index (χ4n) is 4.07. The summed E-state index contributed by atoms with van der Waals surface area (Å²) >= 11 is 0. The van der Waals surface area contributed by atoms with Crippen LogP contribution in [0, 0.1) is 11.6 Å². The Morgan fingerprint density at radius 3 is 2.61 bits per heavy atom. The molecule has 0 radical (unpaired) electrons. The number of hydrogen-bond donors (Lipinski definition) is 2. The maximum atomic E-state index is 14.7. The number of aromatic nitrogens is 3. The maximum absolute atomic E-state index is 14.7. The molecule has 2 N–H and O–H groups in total. The molecular weight excluding hydrogens is 489 g/mol. The third kappa shape index (κ3) is 4.87. The normalized spacial score (nSPS) is 19.1. The van der Waals surface area contributed by atoms with Gasteiger partial charge in [-0.3, -0.25) is 14.2 Å². The number of hydrogen-bond acceptors (Lipinski definition) is 6. The van der Waals surface area contributed by atoms with Gasteiger partial charge in [0, 0.05) is 25.4 Å². The van der Waals surface area contributed by atoms with Gasteiger partial charge in [-0.15, -0.1) is 0 Å². The van der Waals surface area contributed by atoms with E-state index in [1.54, 1.807) is 17.1 Å². The largest absolute Gasteiger partial charge is 0.408 e. The number of rotatable bonds is 5.